The Bertz CT molecular complexity index is 629. The number of nitrogens with zero attached hydrogens (tertiary/aromatic N) is 2. The topological polar surface area (TPSA) is 40.8 Å². The van der Waals surface area contributed by atoms with Gasteiger partial charge in [0.1, 0.15) is 0 Å². The van der Waals surface area contributed by atoms with Crippen LogP contribution in [-0.2, 0) is 13.1 Å². The summed E-state index contributed by atoms with van der Waals surface area (Å²) >= 11 is 0. The van der Waals surface area contributed by atoms with Crippen molar-refractivity contribution in [2.45, 2.75) is 32.4 Å². The number of fused-ring (bicyclic) bond motifs is 1. The first-order chi connectivity index (χ1) is 9.26. The summed E-state index contributed by atoms with van der Waals surface area (Å²) in [4.78, 5) is 0. The first kappa shape index (κ1) is 12.3. The minimum absolute atomic E-state index is 0.254. The maximum absolute atomic E-state index is 8.91. The summed E-state index contributed by atoms with van der Waals surface area (Å²) in [5.41, 5.74) is 2.85. The molecule has 1 aliphatic rings. The molecule has 3 rings (SSSR count). The van der Waals surface area contributed by atoms with Gasteiger partial charge in [0.2, 0.25) is 0 Å². The fourth-order valence-corrected chi connectivity index (χ4v) is 2.80. The van der Waals surface area contributed by atoms with Gasteiger partial charge in [-0.25, -0.2) is 0 Å². The molecule has 1 aromatic carbocycles. The molecular formula is C16H19N3. The Morgan fingerprint density at radius 3 is 2.89 bits per heavy atom. The Morgan fingerprint density at radius 1 is 1.37 bits per heavy atom. The third kappa shape index (κ3) is 2.36. The van der Waals surface area contributed by atoms with Crippen molar-refractivity contribution < 1.29 is 0 Å². The van der Waals surface area contributed by atoms with E-state index in [0.29, 0.717) is 6.42 Å². The van der Waals surface area contributed by atoms with Gasteiger partial charge in [-0.05, 0) is 49.0 Å². The largest absolute Gasteiger partial charge is 0.347 e. The number of hydrogen-bond acceptors (Lipinski definition) is 2. The zero-order chi connectivity index (χ0) is 13.3. The van der Waals surface area contributed by atoms with Crippen molar-refractivity contribution >= 4 is 10.9 Å². The molecule has 1 N–H and O–H groups in total. The number of benzene rings is 1. The van der Waals surface area contributed by atoms with Crippen LogP contribution in [0.4, 0.5) is 0 Å². The van der Waals surface area contributed by atoms with Gasteiger partial charge in [0.25, 0.3) is 0 Å². The maximum atomic E-state index is 8.91. The highest BCUT2D eigenvalue weighted by Crippen LogP contribution is 2.50. The summed E-state index contributed by atoms with van der Waals surface area (Å²) in [5, 5.41) is 13.4. The van der Waals surface area contributed by atoms with Crippen molar-refractivity contribution in [2.75, 3.05) is 7.05 Å². The Labute approximate surface area is 113 Å². The van der Waals surface area contributed by atoms with Gasteiger partial charge in [-0.2, -0.15) is 5.26 Å². The fraction of sp³-hybridized carbons (Fsp3) is 0.438. The van der Waals surface area contributed by atoms with Gasteiger partial charge in [-0.3, -0.25) is 0 Å². The molecule has 1 aliphatic carbocycles. The Kier molecular flexibility index (Phi) is 3.04. The molecule has 3 heteroatoms. The fourth-order valence-electron chi connectivity index (χ4n) is 2.80. The van der Waals surface area contributed by atoms with E-state index in [9.17, 15) is 0 Å². The van der Waals surface area contributed by atoms with E-state index in [2.05, 4.69) is 46.4 Å². The van der Waals surface area contributed by atoms with Crippen molar-refractivity contribution in [3.05, 3.63) is 36.0 Å². The Morgan fingerprint density at radius 2 is 2.21 bits per heavy atom. The minimum Gasteiger partial charge on any atom is -0.347 e. The summed E-state index contributed by atoms with van der Waals surface area (Å²) in [7, 11) is 1.97. The summed E-state index contributed by atoms with van der Waals surface area (Å²) in [6.07, 6.45) is 5.23. The molecule has 0 saturated heterocycles. The van der Waals surface area contributed by atoms with Crippen LogP contribution < -0.4 is 5.32 Å². The molecule has 1 aromatic heterocycles. The molecule has 1 fully saturated rings. The summed E-state index contributed by atoms with van der Waals surface area (Å²) in [6.45, 7) is 1.88. The van der Waals surface area contributed by atoms with E-state index >= 15 is 0 Å². The van der Waals surface area contributed by atoms with Crippen LogP contribution >= 0.6 is 0 Å². The smallest absolute Gasteiger partial charge is 0.0628 e. The summed E-state index contributed by atoms with van der Waals surface area (Å²) in [6, 6.07) is 11.1. The lowest BCUT2D eigenvalue weighted by Gasteiger charge is -2.13. The standard InChI is InChI=1S/C16H19N3/c1-18-11-13-2-3-15-14(10-13)4-9-19(15)12-16(5-6-16)7-8-17/h2-4,9-10,18H,5-7,11-12H2,1H3. The number of rotatable bonds is 5. The first-order valence-corrected chi connectivity index (χ1v) is 6.86. The second kappa shape index (κ2) is 4.71. The lowest BCUT2D eigenvalue weighted by Crippen LogP contribution is -2.10. The molecule has 0 spiro atoms. The van der Waals surface area contributed by atoms with Gasteiger partial charge in [-0.15, -0.1) is 0 Å². The van der Waals surface area contributed by atoms with E-state index in [4.69, 9.17) is 5.26 Å². The predicted molar refractivity (Wildman–Crippen MR) is 76.6 cm³/mol. The average molecular weight is 253 g/mol. The van der Waals surface area contributed by atoms with Gasteiger partial charge in [0.05, 0.1) is 6.07 Å². The van der Waals surface area contributed by atoms with Gasteiger partial charge in [-0.1, -0.05) is 6.07 Å². The molecule has 1 saturated carbocycles. The van der Waals surface area contributed by atoms with E-state index < -0.39 is 0 Å². The molecule has 0 radical (unpaired) electrons. The molecule has 0 atom stereocenters. The zero-order valence-corrected chi connectivity index (χ0v) is 11.3. The summed E-state index contributed by atoms with van der Waals surface area (Å²) < 4.78 is 2.31. The lowest BCUT2D eigenvalue weighted by molar-refractivity contribution is 0.440. The molecule has 3 nitrogen and oxygen atoms in total. The molecule has 19 heavy (non-hydrogen) atoms. The number of aromatic nitrogens is 1. The molecular weight excluding hydrogens is 234 g/mol. The van der Waals surface area contributed by atoms with Crippen LogP contribution in [0.15, 0.2) is 30.5 Å². The Balaban J connectivity index is 1.87. The molecule has 98 valence electrons. The normalized spacial score (nSPS) is 16.4. The van der Waals surface area contributed by atoms with Crippen LogP contribution in [0.2, 0.25) is 0 Å². The van der Waals surface area contributed by atoms with E-state index in [0.717, 1.165) is 13.1 Å². The van der Waals surface area contributed by atoms with Crippen molar-refractivity contribution in [3.8, 4) is 6.07 Å². The van der Waals surface area contributed by atoms with Crippen molar-refractivity contribution in [1.82, 2.24) is 9.88 Å². The van der Waals surface area contributed by atoms with Crippen LogP contribution in [-0.4, -0.2) is 11.6 Å². The number of hydrogen-bond donors (Lipinski definition) is 1. The highest BCUT2D eigenvalue weighted by atomic mass is 15.0. The summed E-state index contributed by atoms with van der Waals surface area (Å²) in [5.74, 6) is 0. The highest BCUT2D eigenvalue weighted by Gasteiger charge is 2.42. The maximum Gasteiger partial charge on any atom is 0.0628 e. The second-order valence-corrected chi connectivity index (χ2v) is 5.70. The molecule has 0 unspecified atom stereocenters. The molecule has 1 heterocycles. The van der Waals surface area contributed by atoms with Gasteiger partial charge in [0, 0.05) is 36.6 Å². The SMILES string of the molecule is CNCc1ccc2c(ccn2CC2(CC#N)CC2)c1. The van der Waals surface area contributed by atoms with Crippen LogP contribution in [0.3, 0.4) is 0 Å². The minimum atomic E-state index is 0.254. The third-order valence-electron chi connectivity index (χ3n) is 4.13. The van der Waals surface area contributed by atoms with Crippen LogP contribution in [0.5, 0.6) is 0 Å². The zero-order valence-electron chi connectivity index (χ0n) is 11.3. The van der Waals surface area contributed by atoms with Crippen molar-refractivity contribution in [1.29, 1.82) is 5.26 Å². The molecule has 0 aliphatic heterocycles. The number of nitrogens with one attached hydrogen (secondary N) is 1. The first-order valence-electron chi connectivity index (χ1n) is 6.86. The van der Waals surface area contributed by atoms with Crippen LogP contribution in [0.25, 0.3) is 10.9 Å². The van der Waals surface area contributed by atoms with Crippen LogP contribution in [0, 0.1) is 16.7 Å². The second-order valence-electron chi connectivity index (χ2n) is 5.70. The number of nitriles is 1. The van der Waals surface area contributed by atoms with Gasteiger partial charge < -0.3 is 9.88 Å². The van der Waals surface area contributed by atoms with E-state index in [-0.39, 0.29) is 5.41 Å². The average Bonchev–Trinajstić information content (AvgIpc) is 3.04. The monoisotopic (exact) mass is 253 g/mol. The highest BCUT2D eigenvalue weighted by molar-refractivity contribution is 5.80. The quantitative estimate of drug-likeness (QED) is 0.889. The lowest BCUT2D eigenvalue weighted by atomic mass is 10.0. The van der Waals surface area contributed by atoms with Gasteiger partial charge in [0.15, 0.2) is 0 Å². The van der Waals surface area contributed by atoms with E-state index in [1.165, 1.54) is 29.3 Å². The Hall–Kier alpha value is -1.79. The van der Waals surface area contributed by atoms with Crippen molar-refractivity contribution in [3.63, 3.8) is 0 Å². The van der Waals surface area contributed by atoms with Crippen LogP contribution in [0.1, 0.15) is 24.8 Å². The van der Waals surface area contributed by atoms with E-state index in [1.807, 2.05) is 7.05 Å². The van der Waals surface area contributed by atoms with Crippen molar-refractivity contribution in [2.24, 2.45) is 5.41 Å². The molecule has 0 bridgehead atoms. The molecule has 0 amide bonds. The third-order valence-corrected chi connectivity index (χ3v) is 4.13. The molecule has 2 aromatic rings. The predicted octanol–water partition coefficient (Wildman–Crippen LogP) is 3.05. The van der Waals surface area contributed by atoms with E-state index in [1.54, 1.807) is 0 Å². The van der Waals surface area contributed by atoms with Gasteiger partial charge >= 0.3 is 0 Å².